The van der Waals surface area contributed by atoms with Gasteiger partial charge in [0, 0.05) is 18.6 Å². The third kappa shape index (κ3) is 1.26. The first-order chi connectivity index (χ1) is 6.59. The fourth-order valence-corrected chi connectivity index (χ4v) is 1.75. The van der Waals surface area contributed by atoms with Gasteiger partial charge >= 0.3 is 0 Å². The van der Waals surface area contributed by atoms with Gasteiger partial charge in [-0.3, -0.25) is 10.1 Å². The van der Waals surface area contributed by atoms with E-state index in [0.29, 0.717) is 12.0 Å². The molecule has 0 aromatic heterocycles. The van der Waals surface area contributed by atoms with Crippen LogP contribution in [-0.4, -0.2) is 16.1 Å². The Labute approximate surface area is 80.3 Å². The smallest absolute Gasteiger partial charge is 0.269 e. The van der Waals surface area contributed by atoms with E-state index in [1.165, 1.54) is 12.1 Å². The number of nitro benzene ring substituents is 1. The molecule has 3 N–H and O–H groups in total. The molecule has 5 heteroatoms. The molecule has 1 aromatic carbocycles. The van der Waals surface area contributed by atoms with Gasteiger partial charge < -0.3 is 10.8 Å². The minimum atomic E-state index is -0.619. The molecule has 1 aliphatic carbocycles. The SMILES string of the molecule is N[C@H]1c2cc([N+](=O)[O-])ccc2C[C@H]1O. The molecule has 5 nitrogen and oxygen atoms in total. The number of aliphatic hydroxyl groups is 1. The van der Waals surface area contributed by atoms with Crippen molar-refractivity contribution in [1.29, 1.82) is 0 Å². The van der Waals surface area contributed by atoms with E-state index >= 15 is 0 Å². The molecule has 0 saturated carbocycles. The zero-order chi connectivity index (χ0) is 10.3. The second-order valence-electron chi connectivity index (χ2n) is 3.44. The van der Waals surface area contributed by atoms with Crippen LogP contribution in [-0.2, 0) is 6.42 Å². The van der Waals surface area contributed by atoms with Crippen LogP contribution in [0.5, 0.6) is 0 Å². The Balaban J connectivity index is 2.46. The molecule has 0 aliphatic heterocycles. The van der Waals surface area contributed by atoms with Gasteiger partial charge in [-0.15, -0.1) is 0 Å². The Morgan fingerprint density at radius 2 is 2.29 bits per heavy atom. The highest BCUT2D eigenvalue weighted by atomic mass is 16.6. The van der Waals surface area contributed by atoms with E-state index in [0.717, 1.165) is 5.56 Å². The first kappa shape index (κ1) is 9.11. The van der Waals surface area contributed by atoms with Crippen molar-refractivity contribution in [2.45, 2.75) is 18.6 Å². The number of nitrogens with two attached hydrogens (primary N) is 1. The summed E-state index contributed by atoms with van der Waals surface area (Å²) >= 11 is 0. The van der Waals surface area contributed by atoms with Gasteiger partial charge in [-0.05, 0) is 11.1 Å². The zero-order valence-electron chi connectivity index (χ0n) is 7.38. The maximum absolute atomic E-state index is 10.5. The molecular formula is C9H10N2O3. The van der Waals surface area contributed by atoms with Crippen LogP contribution in [0.4, 0.5) is 5.69 Å². The summed E-state index contributed by atoms with van der Waals surface area (Å²) in [4.78, 5) is 10.0. The maximum Gasteiger partial charge on any atom is 0.269 e. The monoisotopic (exact) mass is 194 g/mol. The number of fused-ring (bicyclic) bond motifs is 1. The van der Waals surface area contributed by atoms with Crippen molar-refractivity contribution >= 4 is 5.69 Å². The summed E-state index contributed by atoms with van der Waals surface area (Å²) in [6.45, 7) is 0. The Morgan fingerprint density at radius 1 is 1.57 bits per heavy atom. The summed E-state index contributed by atoms with van der Waals surface area (Å²) in [5, 5.41) is 19.9. The number of hydrogen-bond donors (Lipinski definition) is 2. The van der Waals surface area contributed by atoms with Crippen LogP contribution in [0.15, 0.2) is 18.2 Å². The Hall–Kier alpha value is -1.46. The highest BCUT2D eigenvalue weighted by Gasteiger charge is 2.29. The van der Waals surface area contributed by atoms with E-state index in [4.69, 9.17) is 5.73 Å². The van der Waals surface area contributed by atoms with Gasteiger partial charge in [-0.25, -0.2) is 0 Å². The van der Waals surface area contributed by atoms with Crippen LogP contribution in [0.25, 0.3) is 0 Å². The lowest BCUT2D eigenvalue weighted by atomic mass is 10.1. The molecule has 74 valence electrons. The lowest BCUT2D eigenvalue weighted by molar-refractivity contribution is -0.384. The van der Waals surface area contributed by atoms with Crippen molar-refractivity contribution in [3.8, 4) is 0 Å². The molecule has 2 rings (SSSR count). The molecule has 0 heterocycles. The fourth-order valence-electron chi connectivity index (χ4n) is 1.75. The standard InChI is InChI=1S/C9H10N2O3/c10-9-7-4-6(11(13)14)2-1-5(7)3-8(9)12/h1-2,4,8-9,12H,3,10H2/t8-,9+/m1/s1. The Morgan fingerprint density at radius 3 is 2.93 bits per heavy atom. The van der Waals surface area contributed by atoms with E-state index in [-0.39, 0.29) is 5.69 Å². The van der Waals surface area contributed by atoms with Gasteiger partial charge in [-0.2, -0.15) is 0 Å². The first-order valence-corrected chi connectivity index (χ1v) is 4.30. The van der Waals surface area contributed by atoms with Gasteiger partial charge in [0.05, 0.1) is 17.1 Å². The normalized spacial score (nSPS) is 24.7. The summed E-state index contributed by atoms with van der Waals surface area (Å²) in [6.07, 6.45) is -0.138. The second-order valence-corrected chi connectivity index (χ2v) is 3.44. The molecule has 2 atom stereocenters. The van der Waals surface area contributed by atoms with Crippen LogP contribution in [0.2, 0.25) is 0 Å². The summed E-state index contributed by atoms with van der Waals surface area (Å²) in [5.41, 5.74) is 7.29. The number of non-ortho nitro benzene ring substituents is 1. The molecule has 0 saturated heterocycles. The predicted molar refractivity (Wildman–Crippen MR) is 49.7 cm³/mol. The summed E-state index contributed by atoms with van der Waals surface area (Å²) in [6, 6.07) is 4.04. The molecule has 1 aromatic rings. The van der Waals surface area contributed by atoms with Crippen LogP contribution >= 0.6 is 0 Å². The molecule has 0 spiro atoms. The lowest BCUT2D eigenvalue weighted by Crippen LogP contribution is -2.21. The summed E-state index contributed by atoms with van der Waals surface area (Å²) < 4.78 is 0. The van der Waals surface area contributed by atoms with Gasteiger partial charge in [0.1, 0.15) is 0 Å². The second kappa shape index (κ2) is 3.04. The van der Waals surface area contributed by atoms with Crippen LogP contribution < -0.4 is 5.73 Å². The van der Waals surface area contributed by atoms with E-state index in [1.807, 2.05) is 0 Å². The van der Waals surface area contributed by atoms with Gasteiger partial charge in [-0.1, -0.05) is 6.07 Å². The Bertz CT molecular complexity index is 392. The first-order valence-electron chi connectivity index (χ1n) is 4.30. The summed E-state index contributed by atoms with van der Waals surface area (Å²) in [7, 11) is 0. The van der Waals surface area contributed by atoms with Crippen molar-refractivity contribution in [3.05, 3.63) is 39.4 Å². The fraction of sp³-hybridized carbons (Fsp3) is 0.333. The Kier molecular flexibility index (Phi) is 1.98. The largest absolute Gasteiger partial charge is 0.391 e. The van der Waals surface area contributed by atoms with Crippen molar-refractivity contribution < 1.29 is 10.0 Å². The van der Waals surface area contributed by atoms with E-state index in [9.17, 15) is 15.2 Å². The minimum absolute atomic E-state index is 0.0216. The third-order valence-electron chi connectivity index (χ3n) is 2.54. The van der Waals surface area contributed by atoms with Gasteiger partial charge in [0.2, 0.25) is 0 Å². The number of nitrogens with zero attached hydrogens (tertiary/aromatic N) is 1. The molecule has 0 bridgehead atoms. The maximum atomic E-state index is 10.5. The number of aliphatic hydroxyl groups excluding tert-OH is 1. The zero-order valence-corrected chi connectivity index (χ0v) is 7.38. The molecule has 14 heavy (non-hydrogen) atoms. The van der Waals surface area contributed by atoms with Crippen molar-refractivity contribution in [1.82, 2.24) is 0 Å². The molecule has 0 unspecified atom stereocenters. The van der Waals surface area contributed by atoms with E-state index < -0.39 is 17.1 Å². The average molecular weight is 194 g/mol. The molecule has 0 fully saturated rings. The number of nitro groups is 1. The highest BCUT2D eigenvalue weighted by Crippen LogP contribution is 2.32. The van der Waals surface area contributed by atoms with E-state index in [1.54, 1.807) is 6.07 Å². The third-order valence-corrected chi connectivity index (χ3v) is 2.54. The molecular weight excluding hydrogens is 184 g/mol. The topological polar surface area (TPSA) is 89.4 Å². The molecule has 0 amide bonds. The highest BCUT2D eigenvalue weighted by molar-refractivity contribution is 5.44. The lowest BCUT2D eigenvalue weighted by Gasteiger charge is -2.07. The van der Waals surface area contributed by atoms with Crippen LogP contribution in [0.1, 0.15) is 17.2 Å². The number of rotatable bonds is 1. The van der Waals surface area contributed by atoms with Crippen LogP contribution in [0, 0.1) is 10.1 Å². The number of benzene rings is 1. The van der Waals surface area contributed by atoms with Gasteiger partial charge in [0.15, 0.2) is 0 Å². The molecule has 1 aliphatic rings. The quantitative estimate of drug-likeness (QED) is 0.503. The van der Waals surface area contributed by atoms with E-state index in [2.05, 4.69) is 0 Å². The number of hydrogen-bond acceptors (Lipinski definition) is 4. The van der Waals surface area contributed by atoms with Crippen molar-refractivity contribution in [2.24, 2.45) is 5.73 Å². The molecule has 0 radical (unpaired) electrons. The summed E-state index contributed by atoms with van der Waals surface area (Å²) in [5.74, 6) is 0. The average Bonchev–Trinajstić information content (AvgIpc) is 2.43. The predicted octanol–water partition coefficient (Wildman–Crippen LogP) is 0.512. The van der Waals surface area contributed by atoms with Gasteiger partial charge in [0.25, 0.3) is 5.69 Å². The van der Waals surface area contributed by atoms with Crippen molar-refractivity contribution in [2.75, 3.05) is 0 Å². The van der Waals surface area contributed by atoms with Crippen LogP contribution in [0.3, 0.4) is 0 Å². The van der Waals surface area contributed by atoms with Crippen molar-refractivity contribution in [3.63, 3.8) is 0 Å². The minimum Gasteiger partial charge on any atom is -0.391 e.